The average Bonchev–Trinajstić information content (AvgIpc) is 2.07. The first kappa shape index (κ1) is 15.1. The van der Waals surface area contributed by atoms with E-state index in [4.69, 9.17) is 0 Å². The van der Waals surface area contributed by atoms with Crippen LogP contribution in [0.4, 0.5) is 21.1 Å². The fraction of sp³-hybridized carbons (Fsp3) is 1.00. The minimum absolute atomic E-state index is 0.0724. The van der Waals surface area contributed by atoms with Gasteiger partial charge in [0.05, 0.1) is 0 Å². The average molecular weight is 264 g/mol. The van der Waals surface area contributed by atoms with Crippen molar-refractivity contribution in [3.8, 4) is 0 Å². The smallest absolute Gasteiger partial charge is 0.238 e. The molecule has 0 fully saturated rings. The summed E-state index contributed by atoms with van der Waals surface area (Å²) in [5.41, 5.74) is 0. The van der Waals surface area contributed by atoms with Crippen LogP contribution >= 0.6 is 0 Å². The van der Waals surface area contributed by atoms with Gasteiger partial charge in [-0.1, -0.05) is 24.9 Å². The van der Waals surface area contributed by atoms with Gasteiger partial charge in [-0.2, -0.15) is 0 Å². The molecule has 0 aromatic carbocycles. The lowest BCUT2D eigenvalue weighted by atomic mass is 10.2. The summed E-state index contributed by atoms with van der Waals surface area (Å²) < 4.78 is 58.9. The highest BCUT2D eigenvalue weighted by Crippen LogP contribution is 2.17. The molecule has 0 unspecified atom stereocenters. The maximum absolute atomic E-state index is 11.9. The zero-order chi connectivity index (χ0) is 11.7. The highest BCUT2D eigenvalue weighted by atomic mass is 28.5. The van der Waals surface area contributed by atoms with Crippen LogP contribution in [0.1, 0.15) is 25.7 Å². The summed E-state index contributed by atoms with van der Waals surface area (Å²) >= 11 is 0. The zero-order valence-corrected chi connectivity index (χ0v) is 11.0. The first-order valence-electron chi connectivity index (χ1n) is 5.27. The van der Waals surface area contributed by atoms with Crippen molar-refractivity contribution in [3.05, 3.63) is 0 Å². The van der Waals surface area contributed by atoms with Gasteiger partial charge < -0.3 is 0 Å². The largest absolute Gasteiger partial charge is 0.615 e. The van der Waals surface area contributed by atoms with Crippen LogP contribution < -0.4 is 0 Å². The van der Waals surface area contributed by atoms with E-state index in [1.54, 1.807) is 0 Å². The van der Waals surface area contributed by atoms with Crippen molar-refractivity contribution in [1.29, 1.82) is 0 Å². The van der Waals surface area contributed by atoms with Crippen LogP contribution in [0.2, 0.25) is 18.1 Å². The fourth-order valence-corrected chi connectivity index (χ4v) is 5.00. The summed E-state index contributed by atoms with van der Waals surface area (Å²) in [6.07, 6.45) is -0.241. The van der Waals surface area contributed by atoms with Crippen molar-refractivity contribution in [2.45, 2.75) is 50.2 Å². The molecule has 0 amide bonds. The first-order valence-corrected chi connectivity index (χ1v) is 9.11. The number of rotatable bonds is 9. The second-order valence-electron chi connectivity index (χ2n) is 3.67. The van der Waals surface area contributed by atoms with Crippen molar-refractivity contribution >= 4 is 18.6 Å². The molecule has 0 spiro atoms. The quantitative estimate of drug-likeness (QED) is 0.258. The van der Waals surface area contributed by atoms with E-state index in [2.05, 4.69) is 0 Å². The van der Waals surface area contributed by atoms with Crippen molar-refractivity contribution in [2.24, 2.45) is 0 Å². The number of alkyl halides is 2. The summed E-state index contributed by atoms with van der Waals surface area (Å²) in [4.78, 5) is 0. The Labute approximate surface area is 90.6 Å². The Balaban J connectivity index is 3.06. The van der Waals surface area contributed by atoms with Gasteiger partial charge in [-0.25, -0.2) is 21.1 Å². The van der Waals surface area contributed by atoms with E-state index in [0.717, 1.165) is 18.9 Å². The van der Waals surface area contributed by atoms with Gasteiger partial charge in [-0.3, -0.25) is 0 Å². The fourth-order valence-electron chi connectivity index (χ4n) is 1.33. The van der Waals surface area contributed by atoms with E-state index in [-0.39, 0.29) is 6.42 Å². The molecular weight excluding hydrogens is 247 g/mol. The van der Waals surface area contributed by atoms with Gasteiger partial charge in [0.25, 0.3) is 0 Å². The molecule has 0 atom stereocenters. The van der Waals surface area contributed by atoms with Crippen LogP contribution in [0.3, 0.4) is 0 Å². The van der Waals surface area contributed by atoms with Gasteiger partial charge in [0.1, 0.15) is 0 Å². The van der Waals surface area contributed by atoms with Gasteiger partial charge in [0, 0.05) is 22.0 Å². The molecule has 0 aromatic heterocycles. The Morgan fingerprint density at radius 3 is 2.13 bits per heavy atom. The molecule has 0 N–H and O–H groups in total. The molecule has 7 heteroatoms. The van der Waals surface area contributed by atoms with Gasteiger partial charge in [-0.15, -0.1) is 0 Å². The molecule has 0 bridgehead atoms. The van der Waals surface area contributed by atoms with E-state index in [9.17, 15) is 21.1 Å². The predicted molar refractivity (Wildman–Crippen MR) is 56.5 cm³/mol. The molecule has 0 aliphatic heterocycles. The van der Waals surface area contributed by atoms with Crippen LogP contribution in [0.5, 0.6) is 0 Å². The third-order valence-electron chi connectivity index (χ3n) is 2.13. The van der Waals surface area contributed by atoms with E-state index in [1.165, 1.54) is 0 Å². The predicted octanol–water partition coefficient (Wildman–Crippen LogP) is 3.66. The second-order valence-corrected chi connectivity index (χ2v) is 7.52. The summed E-state index contributed by atoms with van der Waals surface area (Å²) in [5, 5.41) is 0. The lowest BCUT2D eigenvalue weighted by molar-refractivity contribution is 0.134. The lowest BCUT2D eigenvalue weighted by Crippen LogP contribution is -2.14. The van der Waals surface area contributed by atoms with Crippen molar-refractivity contribution in [3.63, 3.8) is 0 Å². The van der Waals surface area contributed by atoms with E-state index in [0.29, 0.717) is 12.5 Å². The molecule has 0 saturated heterocycles. The highest BCUT2D eigenvalue weighted by molar-refractivity contribution is 6.59. The Hall–Kier alpha value is 0.0838. The van der Waals surface area contributed by atoms with Crippen LogP contribution in [-0.2, 0) is 0 Å². The number of halogens is 5. The number of unbranched alkanes of at least 4 members (excludes halogenated alkanes) is 2. The summed E-state index contributed by atoms with van der Waals surface area (Å²) in [7, 11) is -5.90. The molecule has 0 nitrogen and oxygen atoms in total. The highest BCUT2D eigenvalue weighted by Gasteiger charge is 2.35. The molecule has 92 valence electrons. The maximum atomic E-state index is 11.9. The van der Waals surface area contributed by atoms with Gasteiger partial charge in [-0.05, 0) is 6.42 Å². The van der Waals surface area contributed by atoms with Crippen molar-refractivity contribution in [2.75, 3.05) is 0 Å². The Morgan fingerprint density at radius 2 is 1.60 bits per heavy atom. The lowest BCUT2D eigenvalue weighted by Gasteiger charge is -2.02. The minimum atomic E-state index is -5.31. The van der Waals surface area contributed by atoms with Gasteiger partial charge in [0.2, 0.25) is 6.43 Å². The number of hydrogen-bond donors (Lipinski definition) is 0. The molecular formula is C8H17F5Si2. The van der Waals surface area contributed by atoms with Crippen LogP contribution in [0.15, 0.2) is 0 Å². The molecule has 0 aliphatic rings. The topological polar surface area (TPSA) is 0 Å². The summed E-state index contributed by atoms with van der Waals surface area (Å²) in [5.74, 6) is 0. The van der Waals surface area contributed by atoms with Gasteiger partial charge >= 0.3 is 9.08 Å². The molecule has 15 heavy (non-hydrogen) atoms. The van der Waals surface area contributed by atoms with E-state index in [1.807, 2.05) is 0 Å². The SMILES string of the molecule is FC(F)CCCCC[SiH2]CC[Si](F)(F)F. The summed E-state index contributed by atoms with van der Waals surface area (Å²) in [6.45, 7) is 0. The minimum Gasteiger partial charge on any atom is -0.238 e. The zero-order valence-electron chi connectivity index (χ0n) is 8.62. The van der Waals surface area contributed by atoms with Crippen molar-refractivity contribution < 1.29 is 21.1 Å². The monoisotopic (exact) mass is 264 g/mol. The van der Waals surface area contributed by atoms with Crippen molar-refractivity contribution in [1.82, 2.24) is 0 Å². The second kappa shape index (κ2) is 8.26. The normalized spacial score (nSPS) is 13.2. The van der Waals surface area contributed by atoms with Gasteiger partial charge in [0.15, 0.2) is 0 Å². The Kier molecular flexibility index (Phi) is 8.31. The maximum Gasteiger partial charge on any atom is 0.615 e. The molecule has 0 rings (SSSR count). The molecule has 0 aliphatic carbocycles. The van der Waals surface area contributed by atoms with Crippen LogP contribution in [0.25, 0.3) is 0 Å². The molecule has 0 saturated carbocycles. The Morgan fingerprint density at radius 1 is 0.933 bits per heavy atom. The molecule has 0 heterocycles. The number of hydrogen-bond acceptors (Lipinski definition) is 0. The third kappa shape index (κ3) is 14.1. The van der Waals surface area contributed by atoms with E-state index < -0.39 is 31.1 Å². The van der Waals surface area contributed by atoms with E-state index >= 15 is 0 Å². The standard InChI is InChI=1S/C8H17F5Si2/c9-8(10)4-2-1-3-5-14-6-7-15(11,12)13/h8H,1-7,14H2. The molecule has 0 radical (unpaired) electrons. The summed E-state index contributed by atoms with van der Waals surface area (Å²) in [6, 6.07) is 0.689. The van der Waals surface area contributed by atoms with Crippen LogP contribution in [0, 0.1) is 0 Å². The Bertz CT molecular complexity index is 148. The molecule has 0 aromatic rings. The van der Waals surface area contributed by atoms with Crippen LogP contribution in [-0.4, -0.2) is 25.0 Å². The first-order chi connectivity index (χ1) is 6.92. The third-order valence-corrected chi connectivity index (χ3v) is 5.61.